The lowest BCUT2D eigenvalue weighted by Crippen LogP contribution is -2.44. The average Bonchev–Trinajstić information content (AvgIpc) is 3.23. The number of thiophene rings is 1. The van der Waals surface area contributed by atoms with Crippen LogP contribution in [0.25, 0.3) is 20.2 Å². The van der Waals surface area contributed by atoms with E-state index in [9.17, 15) is 13.2 Å². The van der Waals surface area contributed by atoms with Gasteiger partial charge in [-0.15, -0.1) is 11.3 Å². The van der Waals surface area contributed by atoms with Crippen LogP contribution in [0.15, 0.2) is 41.3 Å². The molecule has 1 saturated heterocycles. The zero-order valence-corrected chi connectivity index (χ0v) is 22.1. The second kappa shape index (κ2) is 8.60. The van der Waals surface area contributed by atoms with E-state index >= 15 is 0 Å². The van der Waals surface area contributed by atoms with Gasteiger partial charge in [-0.3, -0.25) is 4.79 Å². The van der Waals surface area contributed by atoms with Gasteiger partial charge in [-0.2, -0.15) is 4.72 Å². The Morgan fingerprint density at radius 1 is 1.00 bits per heavy atom. The van der Waals surface area contributed by atoms with E-state index in [-0.39, 0.29) is 10.8 Å². The van der Waals surface area contributed by atoms with Crippen LogP contribution in [0.4, 0.5) is 0 Å². The molecule has 2 aromatic carbocycles. The normalized spacial score (nSPS) is 18.6. The summed E-state index contributed by atoms with van der Waals surface area (Å²) in [6.07, 6.45) is 0. The Balaban J connectivity index is 1.68. The van der Waals surface area contributed by atoms with Crippen molar-refractivity contribution in [1.29, 1.82) is 0 Å². The highest BCUT2D eigenvalue weighted by Gasteiger charge is 2.51. The van der Waals surface area contributed by atoms with Gasteiger partial charge in [0.05, 0.1) is 23.2 Å². The Morgan fingerprint density at radius 3 is 2.12 bits per heavy atom. The highest BCUT2D eigenvalue weighted by molar-refractivity contribution is 7.89. The molecule has 4 rings (SSSR count). The summed E-state index contributed by atoms with van der Waals surface area (Å²) in [5, 5.41) is 2.00. The number of sulfonamides is 1. The molecule has 0 amide bonds. The average molecular weight is 503 g/mol. The van der Waals surface area contributed by atoms with Gasteiger partial charge in [-0.1, -0.05) is 32.0 Å². The van der Waals surface area contributed by atoms with Crippen LogP contribution in [0.5, 0.6) is 0 Å². The van der Waals surface area contributed by atoms with Crippen molar-refractivity contribution in [2.24, 2.45) is 5.92 Å². The van der Waals surface area contributed by atoms with E-state index in [1.54, 1.807) is 32.0 Å². The molecule has 1 aliphatic heterocycles. The van der Waals surface area contributed by atoms with Gasteiger partial charge in [0.2, 0.25) is 10.0 Å². The lowest BCUT2D eigenvalue weighted by atomic mass is 9.79. The van der Waals surface area contributed by atoms with Crippen molar-refractivity contribution in [3.63, 3.8) is 0 Å². The number of hydrogen-bond donors (Lipinski definition) is 1. The molecule has 1 aromatic heterocycles. The van der Waals surface area contributed by atoms with Crippen LogP contribution >= 0.6 is 11.3 Å². The molecule has 182 valence electrons. The zero-order chi connectivity index (χ0) is 25.1. The second-order valence-electron chi connectivity index (χ2n) is 9.97. The molecular formula is C24H30BNO6S2. The Bertz CT molecular complexity index is 1350. The summed E-state index contributed by atoms with van der Waals surface area (Å²) in [6.45, 7) is 11.6. The van der Waals surface area contributed by atoms with Crippen molar-refractivity contribution in [2.75, 3.05) is 7.11 Å². The SMILES string of the molecule is COC(=O)[C@@H](NS(=O)(=O)c1ccc2c(c1)sc1cc(B3OC(C)(C)C(C)(C)O3)ccc12)C(C)C. The third-order valence-electron chi connectivity index (χ3n) is 6.71. The number of carbonyl (C=O) groups is 1. The fraction of sp³-hybridized carbons (Fsp3) is 0.458. The first-order valence-corrected chi connectivity index (χ1v) is 13.5. The van der Waals surface area contributed by atoms with Crippen LogP contribution in [-0.2, 0) is 28.9 Å². The van der Waals surface area contributed by atoms with Crippen molar-refractivity contribution < 1.29 is 27.3 Å². The van der Waals surface area contributed by atoms with Crippen molar-refractivity contribution in [1.82, 2.24) is 4.72 Å². The monoisotopic (exact) mass is 503 g/mol. The van der Waals surface area contributed by atoms with Crippen LogP contribution in [0, 0.1) is 5.92 Å². The van der Waals surface area contributed by atoms with Gasteiger partial charge in [0.15, 0.2) is 0 Å². The van der Waals surface area contributed by atoms with Crippen LogP contribution in [0.2, 0.25) is 0 Å². The lowest BCUT2D eigenvalue weighted by Gasteiger charge is -2.32. The first-order chi connectivity index (χ1) is 15.8. The van der Waals surface area contributed by atoms with Gasteiger partial charge in [-0.05, 0) is 57.3 Å². The molecule has 3 aromatic rings. The zero-order valence-electron chi connectivity index (χ0n) is 20.5. The van der Waals surface area contributed by atoms with E-state index in [0.717, 1.165) is 25.6 Å². The number of hydrogen-bond acceptors (Lipinski definition) is 7. The van der Waals surface area contributed by atoms with Gasteiger partial charge in [0.25, 0.3) is 0 Å². The van der Waals surface area contributed by atoms with E-state index in [4.69, 9.17) is 14.0 Å². The molecule has 0 spiro atoms. The van der Waals surface area contributed by atoms with Gasteiger partial charge in [0.1, 0.15) is 6.04 Å². The summed E-state index contributed by atoms with van der Waals surface area (Å²) in [7, 11) is -3.14. The smallest absolute Gasteiger partial charge is 0.468 e. The summed E-state index contributed by atoms with van der Waals surface area (Å²) in [5.41, 5.74) is 0.0624. The second-order valence-corrected chi connectivity index (χ2v) is 12.8. The maximum Gasteiger partial charge on any atom is 0.494 e. The Labute approximate surface area is 205 Å². The number of rotatable bonds is 6. The number of benzene rings is 2. The van der Waals surface area contributed by atoms with E-state index < -0.39 is 40.4 Å². The predicted octanol–water partition coefficient (Wildman–Crippen LogP) is 3.83. The summed E-state index contributed by atoms with van der Waals surface area (Å²) in [6, 6.07) is 10.1. The first kappa shape index (κ1) is 25.1. The van der Waals surface area contributed by atoms with E-state index in [2.05, 4.69) is 4.72 Å². The third kappa shape index (κ3) is 4.38. The molecule has 1 fully saturated rings. The van der Waals surface area contributed by atoms with Crippen molar-refractivity contribution in [3.8, 4) is 0 Å². The molecule has 0 aliphatic carbocycles. The van der Waals surface area contributed by atoms with E-state index in [0.29, 0.717) is 0 Å². The lowest BCUT2D eigenvalue weighted by molar-refractivity contribution is -0.143. The Morgan fingerprint density at radius 2 is 1.56 bits per heavy atom. The minimum Gasteiger partial charge on any atom is -0.468 e. The molecule has 0 radical (unpaired) electrons. The molecule has 0 saturated carbocycles. The van der Waals surface area contributed by atoms with Gasteiger partial charge < -0.3 is 14.0 Å². The molecule has 2 heterocycles. The molecule has 1 aliphatic rings. The highest BCUT2D eigenvalue weighted by Crippen LogP contribution is 2.38. The molecule has 1 N–H and O–H groups in total. The quantitative estimate of drug-likeness (QED) is 0.406. The molecule has 7 nitrogen and oxygen atoms in total. The minimum atomic E-state index is -3.92. The van der Waals surface area contributed by atoms with Crippen molar-refractivity contribution >= 4 is 60.1 Å². The number of methoxy groups -OCH3 is 1. The van der Waals surface area contributed by atoms with Gasteiger partial charge in [0, 0.05) is 20.2 Å². The van der Waals surface area contributed by atoms with E-state index in [1.807, 2.05) is 45.9 Å². The minimum absolute atomic E-state index is 0.104. The first-order valence-electron chi connectivity index (χ1n) is 11.2. The van der Waals surface area contributed by atoms with Crippen LogP contribution in [0.1, 0.15) is 41.5 Å². The number of fused-ring (bicyclic) bond motifs is 3. The maximum absolute atomic E-state index is 13.0. The Kier molecular flexibility index (Phi) is 6.36. The molecular weight excluding hydrogens is 473 g/mol. The van der Waals surface area contributed by atoms with Crippen molar-refractivity contribution in [2.45, 2.75) is 63.7 Å². The van der Waals surface area contributed by atoms with Crippen LogP contribution in [-0.4, -0.2) is 45.9 Å². The predicted molar refractivity (Wildman–Crippen MR) is 136 cm³/mol. The fourth-order valence-electron chi connectivity index (χ4n) is 3.89. The summed E-state index contributed by atoms with van der Waals surface area (Å²) in [5.74, 6) is -0.875. The number of carbonyl (C=O) groups excluding carboxylic acids is 1. The summed E-state index contributed by atoms with van der Waals surface area (Å²) in [4.78, 5) is 12.1. The Hall–Kier alpha value is -1.98. The summed E-state index contributed by atoms with van der Waals surface area (Å²) < 4.78 is 47.5. The standard InChI is InChI=1S/C24H30BNO6S2/c1-14(2)21(22(27)30-7)26-34(28,29)16-9-11-18-17-10-8-15(12-19(17)33-20(18)13-16)25-31-23(3,4)24(5,6)32-25/h8-14,21,26H,1-7H3/t21-/m0/s1. The van der Waals surface area contributed by atoms with Gasteiger partial charge >= 0.3 is 13.1 Å². The van der Waals surface area contributed by atoms with Crippen LogP contribution in [0.3, 0.4) is 0 Å². The van der Waals surface area contributed by atoms with Gasteiger partial charge in [-0.25, -0.2) is 8.42 Å². The highest BCUT2D eigenvalue weighted by atomic mass is 32.2. The van der Waals surface area contributed by atoms with Crippen molar-refractivity contribution in [3.05, 3.63) is 36.4 Å². The maximum atomic E-state index is 13.0. The van der Waals surface area contributed by atoms with Crippen LogP contribution < -0.4 is 10.2 Å². The largest absolute Gasteiger partial charge is 0.494 e. The fourth-order valence-corrected chi connectivity index (χ4v) is 6.51. The summed E-state index contributed by atoms with van der Waals surface area (Å²) >= 11 is 1.51. The topological polar surface area (TPSA) is 90.9 Å². The molecule has 34 heavy (non-hydrogen) atoms. The number of nitrogens with one attached hydrogen (secondary N) is 1. The third-order valence-corrected chi connectivity index (χ3v) is 9.26. The molecule has 0 bridgehead atoms. The number of ether oxygens (including phenoxy) is 1. The number of esters is 1. The molecule has 0 unspecified atom stereocenters. The molecule has 10 heteroatoms. The van der Waals surface area contributed by atoms with E-state index in [1.165, 1.54) is 18.4 Å². The molecule has 1 atom stereocenters.